The molecule has 0 unspecified atom stereocenters. The van der Waals surface area contributed by atoms with E-state index in [1.807, 2.05) is 0 Å². The normalized spacial score (nSPS) is 35.4. The second kappa shape index (κ2) is 4.30. The van der Waals surface area contributed by atoms with Crippen LogP contribution in [0.5, 0.6) is 0 Å². The topological polar surface area (TPSA) is 32.3 Å². The van der Waals surface area contributed by atoms with Gasteiger partial charge in [0.2, 0.25) is 5.91 Å². The highest BCUT2D eigenvalue weighted by atomic mass is 16.2. The van der Waals surface area contributed by atoms with Gasteiger partial charge in [0.05, 0.1) is 6.54 Å². The van der Waals surface area contributed by atoms with Crippen LogP contribution >= 0.6 is 0 Å². The Morgan fingerprint density at radius 1 is 1.29 bits per heavy atom. The van der Waals surface area contributed by atoms with E-state index in [2.05, 4.69) is 17.1 Å². The van der Waals surface area contributed by atoms with Gasteiger partial charge in [0, 0.05) is 19.1 Å². The average Bonchev–Trinajstić information content (AvgIpc) is 2.19. The van der Waals surface area contributed by atoms with Crippen LogP contribution in [0.25, 0.3) is 0 Å². The summed E-state index contributed by atoms with van der Waals surface area (Å²) in [6.45, 7) is 4.84. The standard InChI is InChI=1S/C11H20N2O/c1-9-2-4-10(5-3-9)13-7-6-12-11(14)8-13/h9-10H,2-8H2,1H3,(H,12,14). The van der Waals surface area contributed by atoms with Gasteiger partial charge in [0.1, 0.15) is 0 Å². The molecule has 0 atom stereocenters. The van der Waals surface area contributed by atoms with E-state index < -0.39 is 0 Å². The Labute approximate surface area is 85.8 Å². The lowest BCUT2D eigenvalue weighted by Gasteiger charge is -2.37. The van der Waals surface area contributed by atoms with Gasteiger partial charge in [-0.25, -0.2) is 0 Å². The first-order valence-electron chi connectivity index (χ1n) is 5.76. The number of nitrogens with one attached hydrogen (secondary N) is 1. The van der Waals surface area contributed by atoms with Crippen molar-refractivity contribution in [2.75, 3.05) is 19.6 Å². The highest BCUT2D eigenvalue weighted by Gasteiger charge is 2.27. The summed E-state index contributed by atoms with van der Waals surface area (Å²) in [7, 11) is 0. The first-order valence-corrected chi connectivity index (χ1v) is 5.76. The lowest BCUT2D eigenvalue weighted by molar-refractivity contribution is -0.125. The lowest BCUT2D eigenvalue weighted by atomic mass is 9.86. The number of carbonyl (C=O) groups is 1. The van der Waals surface area contributed by atoms with Crippen LogP contribution in [-0.4, -0.2) is 36.5 Å². The maximum atomic E-state index is 11.2. The lowest BCUT2D eigenvalue weighted by Crippen LogP contribution is -2.52. The second-order valence-electron chi connectivity index (χ2n) is 4.73. The van der Waals surface area contributed by atoms with Gasteiger partial charge in [-0.05, 0) is 31.6 Å². The predicted octanol–water partition coefficient (Wildman–Crippen LogP) is 0.997. The molecule has 1 N–H and O–H groups in total. The highest BCUT2D eigenvalue weighted by molar-refractivity contribution is 5.78. The Balaban J connectivity index is 1.85. The van der Waals surface area contributed by atoms with Gasteiger partial charge in [-0.3, -0.25) is 9.69 Å². The summed E-state index contributed by atoms with van der Waals surface area (Å²) in [5.41, 5.74) is 0. The van der Waals surface area contributed by atoms with Crippen molar-refractivity contribution in [2.24, 2.45) is 5.92 Å². The number of piperazine rings is 1. The molecule has 0 aromatic heterocycles. The summed E-state index contributed by atoms with van der Waals surface area (Å²) in [4.78, 5) is 13.6. The minimum atomic E-state index is 0.204. The zero-order chi connectivity index (χ0) is 9.97. The molecule has 3 nitrogen and oxygen atoms in total. The molecule has 2 fully saturated rings. The summed E-state index contributed by atoms with van der Waals surface area (Å²) in [5, 5.41) is 2.88. The van der Waals surface area contributed by atoms with Gasteiger partial charge in [-0.2, -0.15) is 0 Å². The van der Waals surface area contributed by atoms with Crippen molar-refractivity contribution >= 4 is 5.91 Å². The third-order valence-corrected chi connectivity index (χ3v) is 3.57. The molecule has 0 bridgehead atoms. The van der Waals surface area contributed by atoms with Gasteiger partial charge < -0.3 is 5.32 Å². The summed E-state index contributed by atoms with van der Waals surface area (Å²) in [6, 6.07) is 0.678. The van der Waals surface area contributed by atoms with Gasteiger partial charge >= 0.3 is 0 Å². The van der Waals surface area contributed by atoms with E-state index in [0.29, 0.717) is 12.6 Å². The number of hydrogen-bond donors (Lipinski definition) is 1. The molecular weight excluding hydrogens is 176 g/mol. The summed E-state index contributed by atoms with van der Waals surface area (Å²) in [6.07, 6.45) is 5.24. The number of nitrogens with zero attached hydrogens (tertiary/aromatic N) is 1. The minimum absolute atomic E-state index is 0.204. The Kier molecular flexibility index (Phi) is 3.06. The molecule has 0 aromatic carbocycles. The Bertz CT molecular complexity index is 209. The zero-order valence-corrected chi connectivity index (χ0v) is 8.96. The molecule has 1 aliphatic carbocycles. The van der Waals surface area contributed by atoms with Crippen LogP contribution in [0.4, 0.5) is 0 Å². The van der Waals surface area contributed by atoms with Crippen LogP contribution in [-0.2, 0) is 4.79 Å². The van der Waals surface area contributed by atoms with Crippen molar-refractivity contribution < 1.29 is 4.79 Å². The van der Waals surface area contributed by atoms with Crippen LogP contribution in [0.2, 0.25) is 0 Å². The van der Waals surface area contributed by atoms with E-state index in [1.54, 1.807) is 0 Å². The molecule has 1 heterocycles. The molecule has 1 amide bonds. The maximum Gasteiger partial charge on any atom is 0.234 e. The Morgan fingerprint density at radius 2 is 2.00 bits per heavy atom. The van der Waals surface area contributed by atoms with Gasteiger partial charge in [-0.15, -0.1) is 0 Å². The molecule has 1 saturated carbocycles. The summed E-state index contributed by atoms with van der Waals surface area (Å²) < 4.78 is 0. The molecule has 3 heteroatoms. The monoisotopic (exact) mass is 196 g/mol. The van der Waals surface area contributed by atoms with Crippen LogP contribution in [0.3, 0.4) is 0 Å². The van der Waals surface area contributed by atoms with E-state index in [1.165, 1.54) is 25.7 Å². The molecule has 0 spiro atoms. The van der Waals surface area contributed by atoms with Crippen molar-refractivity contribution in [2.45, 2.75) is 38.6 Å². The number of hydrogen-bond acceptors (Lipinski definition) is 2. The SMILES string of the molecule is CC1CCC(N2CCNC(=O)C2)CC1. The van der Waals surface area contributed by atoms with Gasteiger partial charge in [-0.1, -0.05) is 6.92 Å². The van der Waals surface area contributed by atoms with E-state index >= 15 is 0 Å². The minimum Gasteiger partial charge on any atom is -0.354 e. The maximum absolute atomic E-state index is 11.2. The van der Waals surface area contributed by atoms with E-state index in [0.717, 1.165) is 19.0 Å². The largest absolute Gasteiger partial charge is 0.354 e. The van der Waals surface area contributed by atoms with Crippen molar-refractivity contribution in [1.29, 1.82) is 0 Å². The Hall–Kier alpha value is -0.570. The zero-order valence-electron chi connectivity index (χ0n) is 8.96. The molecular formula is C11H20N2O. The van der Waals surface area contributed by atoms with Crippen LogP contribution in [0.1, 0.15) is 32.6 Å². The molecule has 2 aliphatic rings. The number of amides is 1. The molecule has 1 saturated heterocycles. The predicted molar refractivity (Wildman–Crippen MR) is 56.0 cm³/mol. The van der Waals surface area contributed by atoms with Crippen molar-refractivity contribution in [1.82, 2.24) is 10.2 Å². The highest BCUT2D eigenvalue weighted by Crippen LogP contribution is 2.27. The number of rotatable bonds is 1. The quantitative estimate of drug-likeness (QED) is 0.678. The third-order valence-electron chi connectivity index (χ3n) is 3.57. The molecule has 2 rings (SSSR count). The van der Waals surface area contributed by atoms with Crippen LogP contribution in [0, 0.1) is 5.92 Å². The third kappa shape index (κ3) is 2.27. The first-order chi connectivity index (χ1) is 6.75. The van der Waals surface area contributed by atoms with Crippen molar-refractivity contribution in [3.8, 4) is 0 Å². The van der Waals surface area contributed by atoms with E-state index in [9.17, 15) is 4.79 Å². The number of carbonyl (C=O) groups excluding carboxylic acids is 1. The van der Waals surface area contributed by atoms with Crippen LogP contribution < -0.4 is 5.32 Å². The van der Waals surface area contributed by atoms with Gasteiger partial charge in [0.25, 0.3) is 0 Å². The molecule has 0 aromatic rings. The van der Waals surface area contributed by atoms with Crippen molar-refractivity contribution in [3.05, 3.63) is 0 Å². The first kappa shape index (κ1) is 9.97. The summed E-state index contributed by atoms with van der Waals surface area (Å²) in [5.74, 6) is 1.10. The fourth-order valence-electron chi connectivity index (χ4n) is 2.58. The van der Waals surface area contributed by atoms with Crippen LogP contribution in [0.15, 0.2) is 0 Å². The van der Waals surface area contributed by atoms with Gasteiger partial charge in [0.15, 0.2) is 0 Å². The fraction of sp³-hybridized carbons (Fsp3) is 0.909. The molecule has 1 aliphatic heterocycles. The second-order valence-corrected chi connectivity index (χ2v) is 4.73. The average molecular weight is 196 g/mol. The summed E-state index contributed by atoms with van der Waals surface area (Å²) >= 11 is 0. The van der Waals surface area contributed by atoms with Crippen molar-refractivity contribution in [3.63, 3.8) is 0 Å². The smallest absolute Gasteiger partial charge is 0.234 e. The molecule has 80 valence electrons. The van der Waals surface area contributed by atoms with E-state index in [-0.39, 0.29) is 5.91 Å². The molecule has 0 radical (unpaired) electrons. The fourth-order valence-corrected chi connectivity index (χ4v) is 2.58. The molecule has 14 heavy (non-hydrogen) atoms. The van der Waals surface area contributed by atoms with E-state index in [4.69, 9.17) is 0 Å². The Morgan fingerprint density at radius 3 is 2.64 bits per heavy atom.